The molecule has 4 heteroatoms. The Labute approximate surface area is 123 Å². The van der Waals surface area contributed by atoms with Crippen LogP contribution in [-0.4, -0.2) is 5.91 Å². The van der Waals surface area contributed by atoms with Crippen LogP contribution in [0.5, 0.6) is 0 Å². The summed E-state index contributed by atoms with van der Waals surface area (Å²) in [5.74, 6) is -0.205. The van der Waals surface area contributed by atoms with Gasteiger partial charge < -0.3 is 11.1 Å². The molecule has 0 aliphatic rings. The number of hydrogen-bond acceptors (Lipinski definition) is 2. The van der Waals surface area contributed by atoms with Crippen molar-refractivity contribution in [3.8, 4) is 0 Å². The van der Waals surface area contributed by atoms with E-state index in [2.05, 4.69) is 5.32 Å². The number of carbonyl (C=O) groups is 1. The van der Waals surface area contributed by atoms with Gasteiger partial charge in [0.25, 0.3) is 0 Å². The van der Waals surface area contributed by atoms with Gasteiger partial charge >= 0.3 is 0 Å². The summed E-state index contributed by atoms with van der Waals surface area (Å²) in [5.41, 5.74) is 7.70. The van der Waals surface area contributed by atoms with E-state index in [9.17, 15) is 4.79 Å². The van der Waals surface area contributed by atoms with Crippen LogP contribution in [0.4, 0.5) is 0 Å². The normalized spacial score (nSPS) is 13.6. The fourth-order valence-electron chi connectivity index (χ4n) is 1.97. The lowest BCUT2D eigenvalue weighted by molar-refractivity contribution is -0.123. The number of benzene rings is 2. The Bertz CT molecular complexity index is 586. The highest BCUT2D eigenvalue weighted by atomic mass is 35.5. The zero-order valence-electron chi connectivity index (χ0n) is 11.2. The maximum Gasteiger partial charge on any atom is 0.241 e. The monoisotopic (exact) mass is 288 g/mol. The van der Waals surface area contributed by atoms with Gasteiger partial charge in [-0.2, -0.15) is 0 Å². The molecule has 0 heterocycles. The van der Waals surface area contributed by atoms with Crippen molar-refractivity contribution in [2.75, 3.05) is 0 Å². The number of halogens is 1. The zero-order valence-corrected chi connectivity index (χ0v) is 12.0. The van der Waals surface area contributed by atoms with Gasteiger partial charge in [0.2, 0.25) is 5.91 Å². The van der Waals surface area contributed by atoms with Gasteiger partial charge in [0.15, 0.2) is 0 Å². The van der Waals surface area contributed by atoms with Crippen molar-refractivity contribution in [2.45, 2.75) is 19.0 Å². The Morgan fingerprint density at radius 2 is 1.75 bits per heavy atom. The molecule has 2 aromatic carbocycles. The summed E-state index contributed by atoms with van der Waals surface area (Å²) in [6, 6.07) is 15.9. The summed E-state index contributed by atoms with van der Waals surface area (Å²) in [4.78, 5) is 12.1. The van der Waals surface area contributed by atoms with Crippen molar-refractivity contribution in [1.82, 2.24) is 5.32 Å². The molecule has 0 radical (unpaired) electrons. The predicted molar refractivity (Wildman–Crippen MR) is 81.4 cm³/mol. The van der Waals surface area contributed by atoms with E-state index in [1.807, 2.05) is 55.5 Å². The number of carbonyl (C=O) groups excluding carboxylic acids is 1. The summed E-state index contributed by atoms with van der Waals surface area (Å²) >= 11 is 5.95. The number of nitrogens with two attached hydrogens (primary N) is 1. The summed E-state index contributed by atoms with van der Waals surface area (Å²) < 4.78 is 0. The van der Waals surface area contributed by atoms with E-state index in [4.69, 9.17) is 17.3 Å². The van der Waals surface area contributed by atoms with E-state index in [1.54, 1.807) is 6.07 Å². The Kier molecular flexibility index (Phi) is 4.77. The smallest absolute Gasteiger partial charge is 0.241 e. The molecule has 0 aromatic heterocycles. The average molecular weight is 289 g/mol. The lowest BCUT2D eigenvalue weighted by atomic mass is 10.1. The minimum atomic E-state index is -0.669. The highest BCUT2D eigenvalue weighted by molar-refractivity contribution is 6.30. The van der Waals surface area contributed by atoms with Crippen molar-refractivity contribution in [2.24, 2.45) is 5.73 Å². The van der Waals surface area contributed by atoms with Crippen molar-refractivity contribution in [1.29, 1.82) is 0 Å². The fourth-order valence-corrected chi connectivity index (χ4v) is 2.17. The molecule has 0 bridgehead atoms. The molecular formula is C16H17ClN2O. The van der Waals surface area contributed by atoms with Crippen LogP contribution < -0.4 is 11.1 Å². The van der Waals surface area contributed by atoms with Gasteiger partial charge in [-0.05, 0) is 30.2 Å². The second-order valence-electron chi connectivity index (χ2n) is 4.67. The van der Waals surface area contributed by atoms with Crippen LogP contribution in [0.15, 0.2) is 54.6 Å². The Hall–Kier alpha value is -1.84. The molecule has 104 valence electrons. The zero-order chi connectivity index (χ0) is 14.5. The third kappa shape index (κ3) is 3.59. The first kappa shape index (κ1) is 14.6. The highest BCUT2D eigenvalue weighted by Gasteiger charge is 2.18. The largest absolute Gasteiger partial charge is 0.348 e. The van der Waals surface area contributed by atoms with Crippen LogP contribution in [0.1, 0.15) is 30.1 Å². The van der Waals surface area contributed by atoms with Crippen LogP contribution in [0.25, 0.3) is 0 Å². The van der Waals surface area contributed by atoms with Crippen molar-refractivity contribution >= 4 is 17.5 Å². The van der Waals surface area contributed by atoms with Crippen LogP contribution in [-0.2, 0) is 4.79 Å². The first-order chi connectivity index (χ1) is 9.58. The van der Waals surface area contributed by atoms with Crippen molar-refractivity contribution in [3.05, 3.63) is 70.7 Å². The predicted octanol–water partition coefficient (Wildman–Crippen LogP) is 3.22. The third-order valence-electron chi connectivity index (χ3n) is 3.15. The number of amides is 1. The van der Waals surface area contributed by atoms with Gasteiger partial charge in [0.1, 0.15) is 6.04 Å². The summed E-state index contributed by atoms with van der Waals surface area (Å²) in [5, 5.41) is 3.55. The van der Waals surface area contributed by atoms with E-state index >= 15 is 0 Å². The molecular weight excluding hydrogens is 272 g/mol. The molecule has 0 saturated heterocycles. The number of rotatable bonds is 4. The topological polar surface area (TPSA) is 55.1 Å². The second-order valence-corrected chi connectivity index (χ2v) is 5.11. The minimum absolute atomic E-state index is 0.143. The molecule has 20 heavy (non-hydrogen) atoms. The summed E-state index contributed by atoms with van der Waals surface area (Å²) in [6.45, 7) is 1.90. The van der Waals surface area contributed by atoms with Crippen molar-refractivity contribution in [3.63, 3.8) is 0 Å². The fraction of sp³-hybridized carbons (Fsp3) is 0.188. The molecule has 1 unspecified atom stereocenters. The average Bonchev–Trinajstić information content (AvgIpc) is 2.47. The van der Waals surface area contributed by atoms with E-state index in [0.717, 1.165) is 11.1 Å². The van der Waals surface area contributed by atoms with E-state index < -0.39 is 6.04 Å². The molecule has 2 atom stereocenters. The van der Waals surface area contributed by atoms with Gasteiger partial charge in [0, 0.05) is 5.02 Å². The van der Waals surface area contributed by atoms with Crippen LogP contribution >= 0.6 is 11.6 Å². The van der Waals surface area contributed by atoms with E-state index in [1.165, 1.54) is 0 Å². The summed E-state index contributed by atoms with van der Waals surface area (Å²) in [7, 11) is 0. The van der Waals surface area contributed by atoms with Crippen LogP contribution in [0.2, 0.25) is 5.02 Å². The van der Waals surface area contributed by atoms with E-state index in [-0.39, 0.29) is 11.9 Å². The molecule has 0 spiro atoms. The Morgan fingerprint density at radius 3 is 2.40 bits per heavy atom. The first-order valence-electron chi connectivity index (χ1n) is 6.44. The summed E-state index contributed by atoms with van der Waals surface area (Å²) in [6.07, 6.45) is 0. The lowest BCUT2D eigenvalue weighted by Gasteiger charge is -2.18. The minimum Gasteiger partial charge on any atom is -0.348 e. The number of nitrogens with one attached hydrogen (secondary N) is 1. The maximum atomic E-state index is 12.1. The van der Waals surface area contributed by atoms with Crippen molar-refractivity contribution < 1.29 is 4.79 Å². The molecule has 1 amide bonds. The molecule has 2 rings (SSSR count). The second kappa shape index (κ2) is 6.55. The van der Waals surface area contributed by atoms with E-state index in [0.29, 0.717) is 5.02 Å². The maximum absolute atomic E-state index is 12.1. The molecule has 0 fully saturated rings. The van der Waals surface area contributed by atoms with Gasteiger partial charge in [-0.1, -0.05) is 54.1 Å². The molecule has 0 aliphatic carbocycles. The first-order valence-corrected chi connectivity index (χ1v) is 6.82. The molecule has 0 aliphatic heterocycles. The lowest BCUT2D eigenvalue weighted by Crippen LogP contribution is -2.35. The van der Waals surface area contributed by atoms with Gasteiger partial charge in [-0.15, -0.1) is 0 Å². The van der Waals surface area contributed by atoms with Gasteiger partial charge in [0.05, 0.1) is 6.04 Å². The Morgan fingerprint density at radius 1 is 1.10 bits per heavy atom. The van der Waals surface area contributed by atoms with Gasteiger partial charge in [-0.3, -0.25) is 4.79 Å². The highest BCUT2D eigenvalue weighted by Crippen LogP contribution is 2.18. The number of hydrogen-bond donors (Lipinski definition) is 2. The third-order valence-corrected chi connectivity index (χ3v) is 3.38. The molecule has 2 aromatic rings. The molecule has 3 nitrogen and oxygen atoms in total. The quantitative estimate of drug-likeness (QED) is 0.907. The Balaban J connectivity index is 2.04. The molecule has 0 saturated carbocycles. The standard InChI is InChI=1S/C16H17ClN2O/c1-11(13-8-5-9-14(17)10-13)19-16(20)15(18)12-6-3-2-4-7-12/h2-11,15H,18H2,1H3,(H,19,20)/t11-,15?/m1/s1. The molecule has 3 N–H and O–H groups in total. The van der Waals surface area contributed by atoms with Crippen LogP contribution in [0.3, 0.4) is 0 Å². The van der Waals surface area contributed by atoms with Gasteiger partial charge in [-0.25, -0.2) is 0 Å². The van der Waals surface area contributed by atoms with Crippen LogP contribution in [0, 0.1) is 0 Å². The SMILES string of the molecule is C[C@@H](NC(=O)C(N)c1ccccc1)c1cccc(Cl)c1.